The van der Waals surface area contributed by atoms with Gasteiger partial charge in [0.2, 0.25) is 0 Å². The fourth-order valence-electron chi connectivity index (χ4n) is 3.74. The molecule has 1 N–H and O–H groups in total. The Morgan fingerprint density at radius 3 is 2.28 bits per heavy atom. The topological polar surface area (TPSA) is 102 Å². The molecule has 0 spiro atoms. The number of methoxy groups -OCH3 is 2. The average Bonchev–Trinajstić information content (AvgIpc) is 3.34. The van der Waals surface area contributed by atoms with E-state index in [1.807, 2.05) is 31.2 Å². The summed E-state index contributed by atoms with van der Waals surface area (Å²) >= 11 is 0. The normalized spacial score (nSPS) is 17.6. The van der Waals surface area contributed by atoms with Crippen molar-refractivity contribution in [2.45, 2.75) is 19.9 Å². The number of aromatic nitrogens is 1. The van der Waals surface area contributed by atoms with Crippen LogP contribution in [-0.4, -0.2) is 36.2 Å². The molecule has 0 saturated carbocycles. The van der Waals surface area contributed by atoms with E-state index in [9.17, 15) is 14.7 Å². The second kappa shape index (κ2) is 8.22. The van der Waals surface area contributed by atoms with Gasteiger partial charge in [-0.1, -0.05) is 35.0 Å². The molecular weight excluding hydrogens is 412 g/mol. The number of amides is 1. The first-order valence-corrected chi connectivity index (χ1v) is 9.89. The van der Waals surface area contributed by atoms with Crippen molar-refractivity contribution >= 4 is 23.3 Å². The zero-order valence-corrected chi connectivity index (χ0v) is 18.1. The number of nitrogens with zero attached hydrogens (tertiary/aromatic N) is 2. The van der Waals surface area contributed by atoms with Crippen molar-refractivity contribution in [2.24, 2.45) is 0 Å². The van der Waals surface area contributed by atoms with Crippen LogP contribution in [0.2, 0.25) is 0 Å². The molecule has 1 aliphatic rings. The van der Waals surface area contributed by atoms with Crippen LogP contribution in [-0.2, 0) is 9.59 Å². The number of aryl methyl sites for hydroxylation is 2. The number of Topliss-reactive ketones (excluding diaryl/α,β-unsaturated/α-hetero) is 1. The third-order valence-electron chi connectivity index (χ3n) is 5.36. The maximum atomic E-state index is 13.1. The van der Waals surface area contributed by atoms with E-state index in [0.717, 1.165) is 5.56 Å². The first kappa shape index (κ1) is 21.2. The fraction of sp³-hybridized carbons (Fsp3) is 0.208. The molecule has 1 saturated heterocycles. The standard InChI is InChI=1S/C24H22N2O6/c1-13-5-7-15(8-6-13)21-20(22(27)16-9-10-17(30-3)18(12-16)31-4)23(28)24(29)26(21)19-11-14(2)32-25-19/h5-12,21,27H,1-4H3/t21-/m0/s1. The number of hydrogen-bond donors (Lipinski definition) is 1. The highest BCUT2D eigenvalue weighted by Crippen LogP contribution is 2.42. The number of benzene rings is 2. The molecule has 4 rings (SSSR count). The van der Waals surface area contributed by atoms with Crippen LogP contribution < -0.4 is 14.4 Å². The van der Waals surface area contributed by atoms with Crippen LogP contribution in [0.5, 0.6) is 11.5 Å². The lowest BCUT2D eigenvalue weighted by Crippen LogP contribution is -2.29. The number of aliphatic hydroxyl groups excluding tert-OH is 1. The molecule has 0 aliphatic carbocycles. The van der Waals surface area contributed by atoms with Crippen molar-refractivity contribution in [1.29, 1.82) is 0 Å². The van der Waals surface area contributed by atoms with E-state index in [1.165, 1.54) is 19.1 Å². The van der Waals surface area contributed by atoms with Gasteiger partial charge >= 0.3 is 5.91 Å². The van der Waals surface area contributed by atoms with Gasteiger partial charge in [0.15, 0.2) is 17.3 Å². The van der Waals surface area contributed by atoms with E-state index < -0.39 is 17.7 Å². The quantitative estimate of drug-likeness (QED) is 0.369. The molecule has 0 radical (unpaired) electrons. The number of aliphatic hydroxyl groups is 1. The second-order valence-electron chi connectivity index (χ2n) is 7.45. The molecule has 8 heteroatoms. The van der Waals surface area contributed by atoms with E-state index in [1.54, 1.807) is 31.2 Å². The molecule has 0 bridgehead atoms. The van der Waals surface area contributed by atoms with Crippen LogP contribution in [0, 0.1) is 13.8 Å². The maximum absolute atomic E-state index is 13.1. The smallest absolute Gasteiger partial charge is 0.301 e. The highest BCUT2D eigenvalue weighted by Gasteiger charge is 2.48. The molecule has 0 unspecified atom stereocenters. The number of rotatable bonds is 5. The molecule has 32 heavy (non-hydrogen) atoms. The summed E-state index contributed by atoms with van der Waals surface area (Å²) in [6.07, 6.45) is 0. The van der Waals surface area contributed by atoms with Crippen LogP contribution in [0.15, 0.2) is 58.6 Å². The Labute approximate surface area is 184 Å². The van der Waals surface area contributed by atoms with E-state index in [4.69, 9.17) is 14.0 Å². The van der Waals surface area contributed by atoms with E-state index in [-0.39, 0.29) is 17.2 Å². The van der Waals surface area contributed by atoms with Gasteiger partial charge in [-0.05, 0) is 37.6 Å². The Morgan fingerprint density at radius 2 is 1.69 bits per heavy atom. The molecule has 3 aromatic rings. The number of hydrogen-bond acceptors (Lipinski definition) is 7. The molecule has 1 aliphatic heterocycles. The first-order valence-electron chi connectivity index (χ1n) is 9.89. The van der Waals surface area contributed by atoms with Crippen molar-refractivity contribution < 1.29 is 28.7 Å². The molecule has 1 atom stereocenters. The summed E-state index contributed by atoms with van der Waals surface area (Å²) in [5.41, 5.74) is 1.93. The lowest BCUT2D eigenvalue weighted by molar-refractivity contribution is -0.132. The minimum absolute atomic E-state index is 0.0493. The van der Waals surface area contributed by atoms with Gasteiger partial charge in [0.05, 0.1) is 25.8 Å². The molecule has 2 heterocycles. The Hall–Kier alpha value is -4.07. The number of ketones is 1. The van der Waals surface area contributed by atoms with Crippen molar-refractivity contribution in [2.75, 3.05) is 19.1 Å². The SMILES string of the molecule is COc1ccc(C(O)=C2C(=O)C(=O)N(c3cc(C)on3)[C@H]2c2ccc(C)cc2)cc1OC. The summed E-state index contributed by atoms with van der Waals surface area (Å²) < 4.78 is 15.7. The second-order valence-corrected chi connectivity index (χ2v) is 7.45. The minimum Gasteiger partial charge on any atom is -0.507 e. The Balaban J connectivity index is 1.93. The Morgan fingerprint density at radius 1 is 1.00 bits per heavy atom. The summed E-state index contributed by atoms with van der Waals surface area (Å²) in [4.78, 5) is 27.4. The zero-order valence-electron chi connectivity index (χ0n) is 18.1. The highest BCUT2D eigenvalue weighted by atomic mass is 16.5. The first-order chi connectivity index (χ1) is 15.3. The molecule has 1 amide bonds. The van der Waals surface area contributed by atoms with E-state index >= 15 is 0 Å². The van der Waals surface area contributed by atoms with E-state index in [2.05, 4.69) is 5.16 Å². The molecule has 8 nitrogen and oxygen atoms in total. The maximum Gasteiger partial charge on any atom is 0.301 e. The summed E-state index contributed by atoms with van der Waals surface area (Å²) in [5.74, 6) is -0.402. The van der Waals surface area contributed by atoms with Gasteiger partial charge in [0.1, 0.15) is 11.5 Å². The van der Waals surface area contributed by atoms with Crippen molar-refractivity contribution in [1.82, 2.24) is 5.16 Å². The lowest BCUT2D eigenvalue weighted by Gasteiger charge is -2.23. The predicted molar refractivity (Wildman–Crippen MR) is 117 cm³/mol. The Kier molecular flexibility index (Phi) is 5.44. The van der Waals surface area contributed by atoms with Crippen molar-refractivity contribution in [3.05, 3.63) is 76.6 Å². The largest absolute Gasteiger partial charge is 0.507 e. The molecule has 2 aromatic carbocycles. The average molecular weight is 434 g/mol. The molecule has 1 aromatic heterocycles. The van der Waals surface area contributed by atoms with Gasteiger partial charge < -0.3 is 19.1 Å². The zero-order chi connectivity index (χ0) is 23.0. The Bertz CT molecular complexity index is 1230. The predicted octanol–water partition coefficient (Wildman–Crippen LogP) is 3.93. The molecular formula is C24H22N2O6. The summed E-state index contributed by atoms with van der Waals surface area (Å²) in [5, 5.41) is 15.1. The van der Waals surface area contributed by atoms with Crippen LogP contribution in [0.4, 0.5) is 5.82 Å². The van der Waals surface area contributed by atoms with Crippen molar-refractivity contribution in [3.63, 3.8) is 0 Å². The van der Waals surface area contributed by atoms with Gasteiger partial charge in [-0.25, -0.2) is 0 Å². The summed E-state index contributed by atoms with van der Waals surface area (Å²) in [6, 6.07) is 12.8. The lowest BCUT2D eigenvalue weighted by atomic mass is 9.94. The van der Waals surface area contributed by atoms with Gasteiger partial charge in [-0.2, -0.15) is 0 Å². The van der Waals surface area contributed by atoms with Gasteiger partial charge in [0.25, 0.3) is 5.78 Å². The van der Waals surface area contributed by atoms with Crippen LogP contribution in [0.3, 0.4) is 0 Å². The van der Waals surface area contributed by atoms with Crippen LogP contribution >= 0.6 is 0 Å². The van der Waals surface area contributed by atoms with Crippen LogP contribution in [0.1, 0.15) is 28.5 Å². The summed E-state index contributed by atoms with van der Waals surface area (Å²) in [7, 11) is 2.97. The molecule has 1 fully saturated rings. The van der Waals surface area contributed by atoms with Crippen molar-refractivity contribution in [3.8, 4) is 11.5 Å². The number of ether oxygens (including phenoxy) is 2. The fourth-order valence-corrected chi connectivity index (χ4v) is 3.74. The van der Waals surface area contributed by atoms with E-state index in [0.29, 0.717) is 28.4 Å². The highest BCUT2D eigenvalue weighted by molar-refractivity contribution is 6.51. The summed E-state index contributed by atoms with van der Waals surface area (Å²) in [6.45, 7) is 3.63. The molecule has 164 valence electrons. The minimum atomic E-state index is -0.881. The van der Waals surface area contributed by atoms with Crippen LogP contribution in [0.25, 0.3) is 5.76 Å². The third kappa shape index (κ3) is 3.49. The number of carbonyl (C=O) groups excluding carboxylic acids is 2. The van der Waals surface area contributed by atoms with Gasteiger partial charge in [-0.15, -0.1) is 0 Å². The third-order valence-corrected chi connectivity index (χ3v) is 5.36. The van der Waals surface area contributed by atoms with Gasteiger partial charge in [-0.3, -0.25) is 14.5 Å². The number of carbonyl (C=O) groups is 2. The monoisotopic (exact) mass is 434 g/mol. The number of anilines is 1. The van der Waals surface area contributed by atoms with Gasteiger partial charge in [0, 0.05) is 11.6 Å².